The molecule has 0 bridgehead atoms. The van der Waals surface area contributed by atoms with Gasteiger partial charge in [0.05, 0.1) is 12.1 Å². The van der Waals surface area contributed by atoms with Crippen LogP contribution in [0.5, 0.6) is 0 Å². The summed E-state index contributed by atoms with van der Waals surface area (Å²) in [7, 11) is 0. The van der Waals surface area contributed by atoms with E-state index >= 15 is 0 Å². The highest BCUT2D eigenvalue weighted by Crippen LogP contribution is 2.23. The molecular weight excluding hydrogens is 310 g/mol. The molecule has 2 atom stereocenters. The van der Waals surface area contributed by atoms with Gasteiger partial charge in [0, 0.05) is 17.4 Å². The van der Waals surface area contributed by atoms with Crippen molar-refractivity contribution in [1.82, 2.24) is 15.5 Å². The minimum atomic E-state index is -0.330. The van der Waals surface area contributed by atoms with Gasteiger partial charge < -0.3 is 14.9 Å². The average molecular weight is 324 g/mol. The second-order valence-corrected chi connectivity index (χ2v) is 5.52. The topological polar surface area (TPSA) is 71.2 Å². The number of hydrogen-bond donors (Lipinski definition) is 2. The Morgan fingerprint density at radius 2 is 2.26 bits per heavy atom. The number of β-amino-alcohol motifs (C(OH)–C–C–N with tert-alkyl or cyclic N) is 1. The zero-order valence-electron chi connectivity index (χ0n) is 10.2. The highest BCUT2D eigenvalue weighted by Gasteiger charge is 2.28. The first-order valence-corrected chi connectivity index (χ1v) is 6.99. The first-order valence-electron chi connectivity index (χ1n) is 6.19. The summed E-state index contributed by atoms with van der Waals surface area (Å²) in [5.41, 5.74) is 1.12. The maximum atomic E-state index is 9.48. The number of nitrogens with one attached hydrogen (secondary N) is 1. The number of nitrogens with zero attached hydrogens (tertiary/aromatic N) is 2. The summed E-state index contributed by atoms with van der Waals surface area (Å²) < 4.78 is 6.30. The monoisotopic (exact) mass is 323 g/mol. The molecule has 1 fully saturated rings. The summed E-state index contributed by atoms with van der Waals surface area (Å²) in [5.74, 6) is 1.21. The highest BCUT2D eigenvalue weighted by molar-refractivity contribution is 9.10. The number of hydrogen-bond acceptors (Lipinski definition) is 5. The number of aliphatic hydroxyl groups is 1. The zero-order chi connectivity index (χ0) is 13.2. The number of rotatable bonds is 3. The minimum Gasteiger partial charge on any atom is -0.392 e. The van der Waals surface area contributed by atoms with E-state index < -0.39 is 0 Å². The van der Waals surface area contributed by atoms with Crippen LogP contribution in [0, 0.1) is 0 Å². The predicted molar refractivity (Wildman–Crippen MR) is 72.6 cm³/mol. The molecule has 1 aliphatic heterocycles. The molecule has 0 aliphatic carbocycles. The quantitative estimate of drug-likeness (QED) is 0.901. The third kappa shape index (κ3) is 2.86. The predicted octanol–water partition coefficient (Wildman–Crippen LogP) is 1.82. The Morgan fingerprint density at radius 3 is 3.00 bits per heavy atom. The van der Waals surface area contributed by atoms with E-state index in [2.05, 4.69) is 31.4 Å². The molecule has 1 aromatic heterocycles. The Labute approximate surface area is 119 Å². The van der Waals surface area contributed by atoms with Crippen LogP contribution in [0.2, 0.25) is 0 Å². The van der Waals surface area contributed by atoms with Crippen molar-refractivity contribution in [2.45, 2.75) is 25.0 Å². The van der Waals surface area contributed by atoms with E-state index in [1.807, 2.05) is 24.3 Å². The van der Waals surface area contributed by atoms with Crippen LogP contribution >= 0.6 is 15.9 Å². The second-order valence-electron chi connectivity index (χ2n) is 4.67. The molecule has 1 aromatic carbocycles. The summed E-state index contributed by atoms with van der Waals surface area (Å²) in [6.45, 7) is 0.576. The van der Waals surface area contributed by atoms with Crippen molar-refractivity contribution in [1.29, 1.82) is 0 Å². The molecule has 1 saturated heterocycles. The molecule has 5 nitrogen and oxygen atoms in total. The lowest BCUT2D eigenvalue weighted by molar-refractivity contribution is 0.191. The highest BCUT2D eigenvalue weighted by atomic mass is 79.9. The van der Waals surface area contributed by atoms with Gasteiger partial charge in [-0.1, -0.05) is 39.3 Å². The summed E-state index contributed by atoms with van der Waals surface area (Å²) in [5, 5.41) is 16.6. The van der Waals surface area contributed by atoms with E-state index in [-0.39, 0.29) is 12.1 Å². The largest absolute Gasteiger partial charge is 0.392 e. The van der Waals surface area contributed by atoms with Crippen molar-refractivity contribution < 1.29 is 9.63 Å². The molecule has 3 rings (SSSR count). The Bertz CT molecular complexity index is 573. The zero-order valence-corrected chi connectivity index (χ0v) is 11.8. The molecule has 6 heteroatoms. The van der Waals surface area contributed by atoms with Crippen LogP contribution in [0.4, 0.5) is 0 Å². The molecule has 0 saturated carbocycles. The second kappa shape index (κ2) is 5.40. The third-order valence-electron chi connectivity index (χ3n) is 3.20. The van der Waals surface area contributed by atoms with Gasteiger partial charge >= 0.3 is 0 Å². The first kappa shape index (κ1) is 12.8. The van der Waals surface area contributed by atoms with Gasteiger partial charge in [-0.05, 0) is 18.1 Å². The lowest BCUT2D eigenvalue weighted by Crippen LogP contribution is -2.15. The number of aliphatic hydroxyl groups excluding tert-OH is 1. The lowest BCUT2D eigenvalue weighted by Gasteiger charge is -2.02. The molecule has 0 spiro atoms. The fourth-order valence-electron chi connectivity index (χ4n) is 2.20. The van der Waals surface area contributed by atoms with Gasteiger partial charge in [-0.2, -0.15) is 4.98 Å². The van der Waals surface area contributed by atoms with Crippen LogP contribution in [0.1, 0.15) is 29.7 Å². The molecule has 2 heterocycles. The molecule has 2 aromatic rings. The minimum absolute atomic E-state index is 0.0320. The van der Waals surface area contributed by atoms with Gasteiger partial charge in [0.25, 0.3) is 0 Å². The van der Waals surface area contributed by atoms with Crippen LogP contribution in [-0.2, 0) is 6.42 Å². The normalized spacial score (nSPS) is 22.8. The van der Waals surface area contributed by atoms with Crippen molar-refractivity contribution in [2.24, 2.45) is 0 Å². The van der Waals surface area contributed by atoms with Crippen LogP contribution < -0.4 is 5.32 Å². The van der Waals surface area contributed by atoms with Crippen molar-refractivity contribution in [3.63, 3.8) is 0 Å². The summed E-state index contributed by atoms with van der Waals surface area (Å²) in [6, 6.07) is 7.94. The third-order valence-corrected chi connectivity index (χ3v) is 3.97. The fourth-order valence-corrected chi connectivity index (χ4v) is 2.62. The van der Waals surface area contributed by atoms with E-state index in [9.17, 15) is 5.11 Å². The first-order chi connectivity index (χ1) is 9.22. The molecule has 2 N–H and O–H groups in total. The van der Waals surface area contributed by atoms with Gasteiger partial charge in [-0.3, -0.25) is 0 Å². The van der Waals surface area contributed by atoms with E-state index in [0.717, 1.165) is 10.0 Å². The Morgan fingerprint density at radius 1 is 1.42 bits per heavy atom. The van der Waals surface area contributed by atoms with Gasteiger partial charge in [0.1, 0.15) is 0 Å². The SMILES string of the molecule is O[C@@H]1CN[C@@H](c2nc(Cc3ccccc3Br)no2)C1. The number of aromatic nitrogens is 2. The van der Waals surface area contributed by atoms with E-state index in [1.54, 1.807) is 0 Å². The van der Waals surface area contributed by atoms with Crippen molar-refractivity contribution in [2.75, 3.05) is 6.54 Å². The molecular formula is C13H14BrN3O2. The Hall–Kier alpha value is -1.24. The smallest absolute Gasteiger partial charge is 0.243 e. The van der Waals surface area contributed by atoms with Gasteiger partial charge in [0.2, 0.25) is 5.89 Å². The van der Waals surface area contributed by atoms with Gasteiger partial charge in [-0.25, -0.2) is 0 Å². The molecule has 1 aliphatic rings. The molecule has 0 unspecified atom stereocenters. The van der Waals surface area contributed by atoms with Gasteiger partial charge in [-0.15, -0.1) is 0 Å². The van der Waals surface area contributed by atoms with Crippen LogP contribution in [0.25, 0.3) is 0 Å². The standard InChI is InChI=1S/C13H14BrN3O2/c14-10-4-2-1-3-8(10)5-12-16-13(19-17-12)11-6-9(18)7-15-11/h1-4,9,11,15,18H,5-7H2/t9-,11+/m0/s1. The van der Waals surface area contributed by atoms with Crippen molar-refractivity contribution >= 4 is 15.9 Å². The van der Waals surface area contributed by atoms with E-state index in [4.69, 9.17) is 4.52 Å². The fraction of sp³-hybridized carbons (Fsp3) is 0.385. The van der Waals surface area contributed by atoms with Gasteiger partial charge in [0.15, 0.2) is 5.82 Å². The number of benzene rings is 1. The average Bonchev–Trinajstić information content (AvgIpc) is 3.01. The summed E-state index contributed by atoms with van der Waals surface area (Å²) in [6.07, 6.45) is 0.917. The van der Waals surface area contributed by atoms with Crippen LogP contribution in [-0.4, -0.2) is 27.9 Å². The molecule has 0 amide bonds. The molecule has 100 valence electrons. The van der Waals surface area contributed by atoms with E-state index in [0.29, 0.717) is 31.1 Å². The Kier molecular flexibility index (Phi) is 3.63. The van der Waals surface area contributed by atoms with Crippen molar-refractivity contribution in [3.8, 4) is 0 Å². The van der Waals surface area contributed by atoms with Crippen molar-refractivity contribution in [3.05, 3.63) is 46.0 Å². The maximum absolute atomic E-state index is 9.48. The molecule has 19 heavy (non-hydrogen) atoms. The summed E-state index contributed by atoms with van der Waals surface area (Å²) >= 11 is 3.50. The number of halogens is 1. The maximum Gasteiger partial charge on any atom is 0.243 e. The van der Waals surface area contributed by atoms with E-state index in [1.165, 1.54) is 0 Å². The van der Waals surface area contributed by atoms with Crippen LogP contribution in [0.15, 0.2) is 33.3 Å². The van der Waals surface area contributed by atoms with Crippen LogP contribution in [0.3, 0.4) is 0 Å². The molecule has 0 radical (unpaired) electrons. The Balaban J connectivity index is 1.73. The lowest BCUT2D eigenvalue weighted by atomic mass is 10.1. The summed E-state index contributed by atoms with van der Waals surface area (Å²) in [4.78, 5) is 4.39.